The van der Waals surface area contributed by atoms with Crippen LogP contribution in [0.25, 0.3) is 0 Å². The summed E-state index contributed by atoms with van der Waals surface area (Å²) in [4.78, 5) is 2.60. The average Bonchev–Trinajstić information content (AvgIpc) is 2.30. The van der Waals surface area contributed by atoms with Gasteiger partial charge in [-0.25, -0.2) is 0 Å². The van der Waals surface area contributed by atoms with E-state index in [9.17, 15) is 0 Å². The molecule has 2 fully saturated rings. The topological polar surface area (TPSA) is 38.5 Å². The third-order valence-corrected chi connectivity index (χ3v) is 3.69. The van der Waals surface area contributed by atoms with Crippen molar-refractivity contribution in [1.82, 2.24) is 4.90 Å². The van der Waals surface area contributed by atoms with Gasteiger partial charge in [0.05, 0.1) is 13.2 Å². The predicted molar refractivity (Wildman–Crippen MR) is 57.2 cm³/mol. The van der Waals surface area contributed by atoms with E-state index in [0.29, 0.717) is 0 Å². The highest BCUT2D eigenvalue weighted by atomic mass is 16.5. The van der Waals surface area contributed by atoms with Crippen LogP contribution in [-0.2, 0) is 4.74 Å². The van der Waals surface area contributed by atoms with Gasteiger partial charge >= 0.3 is 0 Å². The first-order chi connectivity index (χ1) is 6.92. The molecule has 0 spiro atoms. The Bertz CT molecular complexity index is 169. The van der Waals surface area contributed by atoms with Crippen molar-refractivity contribution in [2.75, 3.05) is 32.8 Å². The van der Waals surface area contributed by atoms with Gasteiger partial charge < -0.3 is 10.5 Å². The van der Waals surface area contributed by atoms with E-state index >= 15 is 0 Å². The normalized spacial score (nSPS) is 35.8. The van der Waals surface area contributed by atoms with Crippen LogP contribution >= 0.6 is 0 Å². The van der Waals surface area contributed by atoms with Gasteiger partial charge in [0.15, 0.2) is 0 Å². The van der Waals surface area contributed by atoms with Crippen LogP contribution in [0.3, 0.4) is 0 Å². The predicted octanol–water partition coefficient (Wildman–Crippen LogP) is 0.836. The minimum Gasteiger partial charge on any atom is -0.379 e. The highest BCUT2D eigenvalue weighted by Gasteiger charge is 2.29. The van der Waals surface area contributed by atoms with Crippen LogP contribution in [0, 0.1) is 5.92 Å². The van der Waals surface area contributed by atoms with Crippen LogP contribution in [-0.4, -0.2) is 43.8 Å². The molecule has 1 saturated carbocycles. The molecule has 2 atom stereocenters. The highest BCUT2D eigenvalue weighted by Crippen LogP contribution is 2.28. The lowest BCUT2D eigenvalue weighted by atomic mass is 9.83. The van der Waals surface area contributed by atoms with Crippen molar-refractivity contribution in [3.8, 4) is 0 Å². The summed E-state index contributed by atoms with van der Waals surface area (Å²) in [6.07, 6.45) is 5.45. The van der Waals surface area contributed by atoms with E-state index in [2.05, 4.69) is 4.90 Å². The lowest BCUT2D eigenvalue weighted by Crippen LogP contribution is -2.49. The fourth-order valence-electron chi connectivity index (χ4n) is 2.85. The minimum absolute atomic E-state index is 0.738. The second-order valence-corrected chi connectivity index (χ2v) is 4.50. The van der Waals surface area contributed by atoms with E-state index in [-0.39, 0.29) is 0 Å². The molecule has 0 aromatic heterocycles. The summed E-state index contributed by atoms with van der Waals surface area (Å²) in [6, 6.07) is 0.748. The molecule has 0 aromatic carbocycles. The Morgan fingerprint density at radius 2 is 1.86 bits per heavy atom. The Kier molecular flexibility index (Phi) is 3.79. The van der Waals surface area contributed by atoms with Gasteiger partial charge in [-0.3, -0.25) is 4.90 Å². The van der Waals surface area contributed by atoms with Crippen molar-refractivity contribution >= 4 is 0 Å². The SMILES string of the molecule is NCC1CCCCC1N1CCOCC1. The van der Waals surface area contributed by atoms with Gasteiger partial charge in [0.1, 0.15) is 0 Å². The first-order valence-electron chi connectivity index (χ1n) is 5.93. The molecule has 82 valence electrons. The first kappa shape index (κ1) is 10.4. The van der Waals surface area contributed by atoms with Gasteiger partial charge in [-0.05, 0) is 25.3 Å². The molecule has 0 aromatic rings. The standard InChI is InChI=1S/C11H22N2O/c12-9-10-3-1-2-4-11(10)13-5-7-14-8-6-13/h10-11H,1-9,12H2. The Morgan fingerprint density at radius 1 is 1.14 bits per heavy atom. The van der Waals surface area contributed by atoms with Gasteiger partial charge in [-0.15, -0.1) is 0 Å². The molecule has 2 N–H and O–H groups in total. The molecule has 14 heavy (non-hydrogen) atoms. The Hall–Kier alpha value is -0.120. The maximum absolute atomic E-state index is 5.84. The zero-order valence-corrected chi connectivity index (χ0v) is 8.95. The molecular formula is C11H22N2O. The number of hydrogen-bond donors (Lipinski definition) is 1. The molecule has 2 unspecified atom stereocenters. The summed E-state index contributed by atoms with van der Waals surface area (Å²) in [5, 5.41) is 0. The Balaban J connectivity index is 1.91. The molecule has 1 aliphatic heterocycles. The van der Waals surface area contributed by atoms with Crippen LogP contribution in [0.15, 0.2) is 0 Å². The molecule has 2 aliphatic rings. The molecule has 3 nitrogen and oxygen atoms in total. The number of nitrogens with two attached hydrogens (primary N) is 1. The molecule has 0 amide bonds. The second kappa shape index (κ2) is 5.10. The number of ether oxygens (including phenoxy) is 1. The minimum atomic E-state index is 0.738. The number of morpholine rings is 1. The molecule has 0 bridgehead atoms. The van der Waals surface area contributed by atoms with Crippen LogP contribution < -0.4 is 5.73 Å². The van der Waals surface area contributed by atoms with Crippen molar-refractivity contribution in [1.29, 1.82) is 0 Å². The fraction of sp³-hybridized carbons (Fsp3) is 1.00. The van der Waals surface area contributed by atoms with Crippen molar-refractivity contribution < 1.29 is 4.74 Å². The smallest absolute Gasteiger partial charge is 0.0594 e. The van der Waals surface area contributed by atoms with Crippen LogP contribution in [0.5, 0.6) is 0 Å². The zero-order valence-electron chi connectivity index (χ0n) is 8.95. The van der Waals surface area contributed by atoms with Crippen LogP contribution in [0.1, 0.15) is 25.7 Å². The molecule has 1 aliphatic carbocycles. The third kappa shape index (κ3) is 2.27. The highest BCUT2D eigenvalue weighted by molar-refractivity contribution is 4.84. The maximum Gasteiger partial charge on any atom is 0.0594 e. The lowest BCUT2D eigenvalue weighted by Gasteiger charge is -2.41. The third-order valence-electron chi connectivity index (χ3n) is 3.69. The van der Waals surface area contributed by atoms with Gasteiger partial charge in [0, 0.05) is 19.1 Å². The van der Waals surface area contributed by atoms with Crippen LogP contribution in [0.2, 0.25) is 0 Å². The van der Waals surface area contributed by atoms with Crippen molar-refractivity contribution in [3.05, 3.63) is 0 Å². The van der Waals surface area contributed by atoms with E-state index < -0.39 is 0 Å². The van der Waals surface area contributed by atoms with E-state index in [4.69, 9.17) is 10.5 Å². The van der Waals surface area contributed by atoms with Gasteiger partial charge in [-0.1, -0.05) is 12.8 Å². The average molecular weight is 198 g/mol. The molecule has 1 saturated heterocycles. The van der Waals surface area contributed by atoms with Crippen LogP contribution in [0.4, 0.5) is 0 Å². The monoisotopic (exact) mass is 198 g/mol. The van der Waals surface area contributed by atoms with Crippen molar-refractivity contribution in [2.45, 2.75) is 31.7 Å². The summed E-state index contributed by atoms with van der Waals surface area (Å²) in [7, 11) is 0. The second-order valence-electron chi connectivity index (χ2n) is 4.50. The summed E-state index contributed by atoms with van der Waals surface area (Å²) in [6.45, 7) is 4.91. The molecule has 1 heterocycles. The zero-order chi connectivity index (χ0) is 9.80. The Morgan fingerprint density at radius 3 is 2.57 bits per heavy atom. The molecule has 0 radical (unpaired) electrons. The summed E-state index contributed by atoms with van der Waals surface area (Å²) < 4.78 is 5.39. The number of rotatable bonds is 2. The molecule has 3 heteroatoms. The fourth-order valence-corrected chi connectivity index (χ4v) is 2.85. The first-order valence-corrected chi connectivity index (χ1v) is 5.93. The molecule has 2 rings (SSSR count). The van der Waals surface area contributed by atoms with Gasteiger partial charge in [0.25, 0.3) is 0 Å². The molecular weight excluding hydrogens is 176 g/mol. The number of nitrogens with zero attached hydrogens (tertiary/aromatic N) is 1. The quantitative estimate of drug-likeness (QED) is 0.714. The van der Waals surface area contributed by atoms with E-state index in [1.165, 1.54) is 25.7 Å². The summed E-state index contributed by atoms with van der Waals surface area (Å²) in [5.74, 6) is 0.738. The Labute approximate surface area is 86.6 Å². The lowest BCUT2D eigenvalue weighted by molar-refractivity contribution is -0.00597. The maximum atomic E-state index is 5.84. The summed E-state index contributed by atoms with van der Waals surface area (Å²) >= 11 is 0. The van der Waals surface area contributed by atoms with Crippen molar-refractivity contribution in [3.63, 3.8) is 0 Å². The van der Waals surface area contributed by atoms with Gasteiger partial charge in [-0.2, -0.15) is 0 Å². The van der Waals surface area contributed by atoms with E-state index in [1.807, 2.05) is 0 Å². The summed E-state index contributed by atoms with van der Waals surface area (Å²) in [5.41, 5.74) is 5.84. The van der Waals surface area contributed by atoms with Crippen molar-refractivity contribution in [2.24, 2.45) is 11.7 Å². The van der Waals surface area contributed by atoms with E-state index in [0.717, 1.165) is 44.8 Å². The van der Waals surface area contributed by atoms with E-state index in [1.54, 1.807) is 0 Å². The van der Waals surface area contributed by atoms with Gasteiger partial charge in [0.2, 0.25) is 0 Å². The largest absolute Gasteiger partial charge is 0.379 e. The number of hydrogen-bond acceptors (Lipinski definition) is 3.